The van der Waals surface area contributed by atoms with Crippen molar-refractivity contribution in [2.75, 3.05) is 19.6 Å². The number of carbonyl (C=O) groups excluding carboxylic acids is 1. The minimum atomic E-state index is 0.190. The summed E-state index contributed by atoms with van der Waals surface area (Å²) < 4.78 is 0. The highest BCUT2D eigenvalue weighted by molar-refractivity contribution is 7.10. The van der Waals surface area contributed by atoms with Crippen LogP contribution in [0.5, 0.6) is 0 Å². The molecule has 0 saturated carbocycles. The number of amides is 1. The number of hydrogen-bond donors (Lipinski definition) is 1. The molecule has 1 aliphatic heterocycles. The van der Waals surface area contributed by atoms with Crippen molar-refractivity contribution in [3.63, 3.8) is 0 Å². The zero-order chi connectivity index (χ0) is 11.7. The number of aryl methyl sites for hydroxylation is 1. The van der Waals surface area contributed by atoms with Crippen LogP contribution in [-0.4, -0.2) is 36.5 Å². The van der Waals surface area contributed by atoms with Crippen molar-refractivity contribution in [1.82, 2.24) is 10.2 Å². The van der Waals surface area contributed by atoms with Crippen LogP contribution in [0.4, 0.5) is 0 Å². The quantitative estimate of drug-likeness (QED) is 0.809. The Bertz CT molecular complexity index is 400. The Morgan fingerprint density at radius 2 is 2.31 bits per heavy atom. The third-order valence-electron chi connectivity index (χ3n) is 3.17. The lowest BCUT2D eigenvalue weighted by Crippen LogP contribution is -2.51. The lowest BCUT2D eigenvalue weighted by molar-refractivity contribution is 0.0709. The maximum absolute atomic E-state index is 12.3. The van der Waals surface area contributed by atoms with Gasteiger partial charge in [0.1, 0.15) is 0 Å². The highest BCUT2D eigenvalue weighted by Gasteiger charge is 2.23. The van der Waals surface area contributed by atoms with E-state index in [2.05, 4.69) is 19.2 Å². The summed E-state index contributed by atoms with van der Waals surface area (Å²) in [6.45, 7) is 8.74. The van der Waals surface area contributed by atoms with E-state index in [1.165, 1.54) is 4.88 Å². The zero-order valence-electron chi connectivity index (χ0n) is 10.0. The van der Waals surface area contributed by atoms with Crippen LogP contribution in [0.15, 0.2) is 5.38 Å². The van der Waals surface area contributed by atoms with E-state index < -0.39 is 0 Å². The number of rotatable bonds is 1. The third-order valence-corrected chi connectivity index (χ3v) is 4.19. The van der Waals surface area contributed by atoms with Crippen LogP contribution in [0.3, 0.4) is 0 Å². The molecule has 1 saturated heterocycles. The summed E-state index contributed by atoms with van der Waals surface area (Å²) in [6, 6.07) is 0.401. The minimum absolute atomic E-state index is 0.190. The van der Waals surface area contributed by atoms with Gasteiger partial charge >= 0.3 is 0 Å². The molecule has 0 unspecified atom stereocenters. The first-order valence-corrected chi connectivity index (χ1v) is 6.55. The van der Waals surface area contributed by atoms with Gasteiger partial charge in [0, 0.05) is 35.9 Å². The molecule has 3 nitrogen and oxygen atoms in total. The molecule has 1 amide bonds. The molecule has 0 bridgehead atoms. The zero-order valence-corrected chi connectivity index (χ0v) is 10.9. The second-order valence-electron chi connectivity index (χ2n) is 4.44. The van der Waals surface area contributed by atoms with Crippen molar-refractivity contribution in [3.8, 4) is 0 Å². The van der Waals surface area contributed by atoms with Gasteiger partial charge in [-0.3, -0.25) is 4.79 Å². The smallest absolute Gasteiger partial charge is 0.255 e. The Labute approximate surface area is 100 Å². The lowest BCUT2D eigenvalue weighted by atomic mass is 10.1. The molecule has 2 rings (SSSR count). The predicted molar refractivity (Wildman–Crippen MR) is 67.2 cm³/mol. The second-order valence-corrected chi connectivity index (χ2v) is 5.52. The summed E-state index contributed by atoms with van der Waals surface area (Å²) in [5, 5.41) is 5.33. The van der Waals surface area contributed by atoms with Crippen LogP contribution in [0, 0.1) is 13.8 Å². The van der Waals surface area contributed by atoms with Crippen molar-refractivity contribution >= 4 is 17.2 Å². The molecule has 0 radical (unpaired) electrons. The predicted octanol–water partition coefficient (Wildman–Crippen LogP) is 1.80. The van der Waals surface area contributed by atoms with Gasteiger partial charge in [0.05, 0.1) is 5.56 Å². The van der Waals surface area contributed by atoms with Crippen LogP contribution >= 0.6 is 11.3 Å². The van der Waals surface area contributed by atoms with Gasteiger partial charge in [0.2, 0.25) is 0 Å². The Morgan fingerprint density at radius 3 is 2.88 bits per heavy atom. The Kier molecular flexibility index (Phi) is 3.30. The van der Waals surface area contributed by atoms with E-state index in [1.807, 2.05) is 17.2 Å². The van der Waals surface area contributed by atoms with Gasteiger partial charge in [-0.15, -0.1) is 11.3 Å². The van der Waals surface area contributed by atoms with Gasteiger partial charge in [-0.1, -0.05) is 0 Å². The standard InChI is InChI=1S/C12H18N2OS/c1-8-6-14(5-4-13-8)12(15)11-7-16-10(3)9(11)2/h7-8,13H,4-6H2,1-3H3/t8-/m1/s1. The van der Waals surface area contributed by atoms with E-state index >= 15 is 0 Å². The van der Waals surface area contributed by atoms with Gasteiger partial charge in [-0.2, -0.15) is 0 Å². The summed E-state index contributed by atoms with van der Waals surface area (Å²) >= 11 is 1.66. The molecule has 1 aliphatic rings. The third kappa shape index (κ3) is 2.13. The molecular formula is C12H18N2OS. The van der Waals surface area contributed by atoms with E-state index in [9.17, 15) is 4.79 Å². The second kappa shape index (κ2) is 4.55. The number of carbonyl (C=O) groups is 1. The highest BCUT2D eigenvalue weighted by Crippen LogP contribution is 2.22. The topological polar surface area (TPSA) is 32.3 Å². The molecule has 0 spiro atoms. The van der Waals surface area contributed by atoms with Crippen LogP contribution in [-0.2, 0) is 0 Å². The molecule has 16 heavy (non-hydrogen) atoms. The van der Waals surface area contributed by atoms with E-state index in [0.717, 1.165) is 30.8 Å². The number of piperazine rings is 1. The van der Waals surface area contributed by atoms with Gasteiger partial charge in [-0.25, -0.2) is 0 Å². The largest absolute Gasteiger partial charge is 0.336 e. The summed E-state index contributed by atoms with van der Waals surface area (Å²) in [4.78, 5) is 15.5. The fourth-order valence-electron chi connectivity index (χ4n) is 2.01. The molecule has 88 valence electrons. The molecular weight excluding hydrogens is 220 g/mol. The van der Waals surface area contributed by atoms with E-state index in [0.29, 0.717) is 6.04 Å². The first-order chi connectivity index (χ1) is 7.59. The maximum atomic E-state index is 12.3. The fraction of sp³-hybridized carbons (Fsp3) is 0.583. The summed E-state index contributed by atoms with van der Waals surface area (Å²) in [5.74, 6) is 0.190. The van der Waals surface area contributed by atoms with E-state index in [1.54, 1.807) is 11.3 Å². The summed E-state index contributed by atoms with van der Waals surface area (Å²) in [7, 11) is 0. The Hall–Kier alpha value is -0.870. The number of thiophene rings is 1. The molecule has 0 aliphatic carbocycles. The normalized spacial score (nSPS) is 21.2. The fourth-order valence-corrected chi connectivity index (χ4v) is 2.87. The molecule has 1 N–H and O–H groups in total. The monoisotopic (exact) mass is 238 g/mol. The van der Waals surface area contributed by atoms with Gasteiger partial charge in [-0.05, 0) is 26.3 Å². The number of nitrogens with zero attached hydrogens (tertiary/aromatic N) is 1. The van der Waals surface area contributed by atoms with Gasteiger partial charge < -0.3 is 10.2 Å². The Morgan fingerprint density at radius 1 is 1.56 bits per heavy atom. The number of nitrogens with one attached hydrogen (secondary N) is 1. The first-order valence-electron chi connectivity index (χ1n) is 5.67. The molecule has 4 heteroatoms. The van der Waals surface area contributed by atoms with Gasteiger partial charge in [0.15, 0.2) is 0 Å². The van der Waals surface area contributed by atoms with Crippen LogP contribution in [0.1, 0.15) is 27.7 Å². The molecule has 2 heterocycles. The minimum Gasteiger partial charge on any atom is -0.336 e. The van der Waals surface area contributed by atoms with Crippen molar-refractivity contribution in [3.05, 3.63) is 21.4 Å². The van der Waals surface area contributed by atoms with Crippen LogP contribution in [0.2, 0.25) is 0 Å². The average molecular weight is 238 g/mol. The van der Waals surface area contributed by atoms with Crippen molar-refractivity contribution in [2.24, 2.45) is 0 Å². The molecule has 0 aromatic carbocycles. The van der Waals surface area contributed by atoms with E-state index in [-0.39, 0.29) is 5.91 Å². The van der Waals surface area contributed by atoms with Crippen molar-refractivity contribution in [1.29, 1.82) is 0 Å². The molecule has 1 aromatic rings. The van der Waals surface area contributed by atoms with Crippen molar-refractivity contribution < 1.29 is 4.79 Å². The van der Waals surface area contributed by atoms with Gasteiger partial charge in [0.25, 0.3) is 5.91 Å². The highest BCUT2D eigenvalue weighted by atomic mass is 32.1. The molecule has 1 fully saturated rings. The van der Waals surface area contributed by atoms with Crippen molar-refractivity contribution in [2.45, 2.75) is 26.8 Å². The Balaban J connectivity index is 2.15. The lowest BCUT2D eigenvalue weighted by Gasteiger charge is -2.31. The molecule has 1 atom stereocenters. The molecule has 1 aromatic heterocycles. The first kappa shape index (κ1) is 11.6. The number of hydrogen-bond acceptors (Lipinski definition) is 3. The summed E-state index contributed by atoms with van der Waals surface area (Å²) in [6.07, 6.45) is 0. The van der Waals surface area contributed by atoms with Crippen LogP contribution < -0.4 is 5.32 Å². The average Bonchev–Trinajstić information content (AvgIpc) is 2.59. The van der Waals surface area contributed by atoms with Crippen LogP contribution in [0.25, 0.3) is 0 Å². The SMILES string of the molecule is Cc1scc(C(=O)N2CCN[C@H](C)C2)c1C. The maximum Gasteiger partial charge on any atom is 0.255 e. The summed E-state index contributed by atoms with van der Waals surface area (Å²) in [5.41, 5.74) is 2.03. The van der Waals surface area contributed by atoms with E-state index in [4.69, 9.17) is 0 Å².